The normalized spacial score (nSPS) is 25.8. The van der Waals surface area contributed by atoms with Gasteiger partial charge in [0, 0.05) is 36.7 Å². The Morgan fingerprint density at radius 2 is 1.42 bits per heavy atom. The number of rotatable bonds is 2. The fourth-order valence-electron chi connectivity index (χ4n) is 6.60. The van der Waals surface area contributed by atoms with Crippen molar-refractivity contribution in [3.63, 3.8) is 0 Å². The van der Waals surface area contributed by atoms with Crippen LogP contribution in [0.15, 0.2) is 40.5 Å². The van der Waals surface area contributed by atoms with Gasteiger partial charge in [-0.2, -0.15) is 0 Å². The zero-order valence-corrected chi connectivity index (χ0v) is 21.1. The predicted molar refractivity (Wildman–Crippen MR) is 109 cm³/mol. The van der Waals surface area contributed by atoms with Gasteiger partial charge in [0.05, 0.1) is 0 Å². The van der Waals surface area contributed by atoms with Gasteiger partial charge >= 0.3 is 0 Å². The van der Waals surface area contributed by atoms with Gasteiger partial charge in [0.25, 0.3) is 0 Å². The third kappa shape index (κ3) is 2.22. The average molecular weight is 511 g/mol. The molecule has 3 aliphatic rings. The second-order valence-electron chi connectivity index (χ2n) is 9.06. The third-order valence-electron chi connectivity index (χ3n) is 7.98. The smallest absolute Gasteiger partial charge is 0.0278 e. The summed E-state index contributed by atoms with van der Waals surface area (Å²) in [6.07, 6.45) is 8.77. The van der Waals surface area contributed by atoms with Gasteiger partial charge < -0.3 is 0 Å². The van der Waals surface area contributed by atoms with Gasteiger partial charge in [-0.15, -0.1) is 0 Å². The Morgan fingerprint density at radius 1 is 0.885 bits per heavy atom. The molecule has 3 aliphatic carbocycles. The summed E-state index contributed by atoms with van der Waals surface area (Å²) in [6.45, 7) is 16.8. The minimum Gasteiger partial charge on any atom is -0.0724 e. The van der Waals surface area contributed by atoms with Crippen molar-refractivity contribution >= 4 is 6.08 Å². The Labute approximate surface area is 178 Å². The summed E-state index contributed by atoms with van der Waals surface area (Å²) in [6, 6.07) is 5.05. The van der Waals surface area contributed by atoms with Crippen LogP contribution in [0.5, 0.6) is 0 Å². The molecular formula is C25H32Hf. The van der Waals surface area contributed by atoms with E-state index in [1.54, 1.807) is 27.8 Å². The summed E-state index contributed by atoms with van der Waals surface area (Å²) in [4.78, 5) is 0. The summed E-state index contributed by atoms with van der Waals surface area (Å²) >= 11 is 0. The first-order valence-corrected chi connectivity index (χ1v) is 9.97. The van der Waals surface area contributed by atoms with Crippen molar-refractivity contribution in [2.75, 3.05) is 0 Å². The molecule has 1 aromatic rings. The SMILES string of the molecule is CC1=C(C)C(C(C)C)(C2(C)C=Cc3cc4c(cc32)CCC4)C(C)=C1C.[Hf]. The van der Waals surface area contributed by atoms with Crippen molar-refractivity contribution in [1.82, 2.24) is 0 Å². The number of aryl methyl sites for hydroxylation is 2. The minimum absolute atomic E-state index is 0. The van der Waals surface area contributed by atoms with Gasteiger partial charge in [0.1, 0.15) is 0 Å². The minimum atomic E-state index is 0. The summed E-state index contributed by atoms with van der Waals surface area (Å²) < 4.78 is 0. The second-order valence-corrected chi connectivity index (χ2v) is 9.06. The van der Waals surface area contributed by atoms with Crippen LogP contribution < -0.4 is 0 Å². The van der Waals surface area contributed by atoms with Gasteiger partial charge in [0.2, 0.25) is 0 Å². The Hall–Kier alpha value is -0.690. The molecule has 0 aliphatic heterocycles. The first-order valence-electron chi connectivity index (χ1n) is 9.97. The monoisotopic (exact) mass is 512 g/mol. The maximum Gasteiger partial charge on any atom is 0.0278 e. The van der Waals surface area contributed by atoms with Gasteiger partial charge in [-0.1, -0.05) is 56.2 Å². The van der Waals surface area contributed by atoms with Crippen molar-refractivity contribution in [2.24, 2.45) is 11.3 Å². The Balaban J connectivity index is 0.00000196. The van der Waals surface area contributed by atoms with E-state index in [9.17, 15) is 0 Å². The molecule has 4 rings (SSSR count). The molecule has 0 bridgehead atoms. The van der Waals surface area contributed by atoms with E-state index in [1.807, 2.05) is 0 Å². The van der Waals surface area contributed by atoms with Crippen LogP contribution in [0.3, 0.4) is 0 Å². The molecule has 1 atom stereocenters. The Morgan fingerprint density at radius 3 is 1.96 bits per heavy atom. The molecule has 1 heteroatoms. The quantitative estimate of drug-likeness (QED) is 0.384. The zero-order valence-electron chi connectivity index (χ0n) is 17.5. The molecule has 0 nitrogen and oxygen atoms in total. The Bertz CT molecular complexity index is 838. The van der Waals surface area contributed by atoms with E-state index < -0.39 is 0 Å². The standard InChI is InChI=1S/C25H32.Hf/c1-15(2)25(18(5)16(3)17(4)19(25)6)24(7)12-11-22-13-20-9-8-10-21(20)14-23(22)24;/h11-15H,8-10H2,1-7H3;. The number of benzene rings is 1. The Kier molecular flexibility index (Phi) is 4.96. The van der Waals surface area contributed by atoms with E-state index in [4.69, 9.17) is 0 Å². The number of hydrogen-bond donors (Lipinski definition) is 0. The van der Waals surface area contributed by atoms with Crippen LogP contribution in [0.4, 0.5) is 0 Å². The predicted octanol–water partition coefficient (Wildman–Crippen LogP) is 6.79. The van der Waals surface area contributed by atoms with Crippen LogP contribution in [-0.2, 0) is 44.1 Å². The van der Waals surface area contributed by atoms with Crippen molar-refractivity contribution in [3.05, 3.63) is 62.8 Å². The number of allylic oxidation sites excluding steroid dienone is 5. The fraction of sp³-hybridized carbons (Fsp3) is 0.520. The fourth-order valence-corrected chi connectivity index (χ4v) is 6.60. The molecule has 0 heterocycles. The second kappa shape index (κ2) is 6.43. The molecular weight excluding hydrogens is 479 g/mol. The van der Waals surface area contributed by atoms with E-state index in [-0.39, 0.29) is 36.7 Å². The molecule has 0 saturated heterocycles. The molecule has 1 unspecified atom stereocenters. The largest absolute Gasteiger partial charge is 0.0724 e. The van der Waals surface area contributed by atoms with Gasteiger partial charge in [0.15, 0.2) is 0 Å². The van der Waals surface area contributed by atoms with Crippen LogP contribution in [0.25, 0.3) is 6.08 Å². The molecule has 1 aromatic carbocycles. The van der Waals surface area contributed by atoms with Gasteiger partial charge in [-0.05, 0) is 86.3 Å². The zero-order chi connectivity index (χ0) is 18.1. The summed E-state index contributed by atoms with van der Waals surface area (Å²) in [7, 11) is 0. The summed E-state index contributed by atoms with van der Waals surface area (Å²) in [5.74, 6) is 0.564. The molecule has 0 aromatic heterocycles. The van der Waals surface area contributed by atoms with Crippen molar-refractivity contribution < 1.29 is 25.8 Å². The average Bonchev–Trinajstić information content (AvgIpc) is 3.20. The van der Waals surface area contributed by atoms with Crippen LogP contribution >= 0.6 is 0 Å². The third-order valence-corrected chi connectivity index (χ3v) is 7.98. The van der Waals surface area contributed by atoms with E-state index in [0.717, 1.165) is 0 Å². The van der Waals surface area contributed by atoms with Gasteiger partial charge in [-0.3, -0.25) is 0 Å². The first-order chi connectivity index (χ1) is 11.7. The molecule has 26 heavy (non-hydrogen) atoms. The molecule has 136 valence electrons. The molecule has 0 spiro atoms. The first kappa shape index (κ1) is 20.1. The van der Waals surface area contributed by atoms with E-state index in [1.165, 1.54) is 36.0 Å². The number of hydrogen-bond acceptors (Lipinski definition) is 0. The van der Waals surface area contributed by atoms with Gasteiger partial charge in [-0.25, -0.2) is 0 Å². The molecule has 0 radical (unpaired) electrons. The maximum atomic E-state index is 2.56. The van der Waals surface area contributed by atoms with Crippen LogP contribution in [0.1, 0.15) is 77.1 Å². The van der Waals surface area contributed by atoms with Crippen molar-refractivity contribution in [3.8, 4) is 0 Å². The molecule has 0 N–H and O–H groups in total. The molecule has 0 fully saturated rings. The van der Waals surface area contributed by atoms with Crippen LogP contribution in [0, 0.1) is 11.3 Å². The van der Waals surface area contributed by atoms with Crippen molar-refractivity contribution in [1.29, 1.82) is 0 Å². The van der Waals surface area contributed by atoms with E-state index in [2.05, 4.69) is 72.8 Å². The summed E-state index contributed by atoms with van der Waals surface area (Å²) in [5, 5.41) is 0. The molecule has 0 saturated carbocycles. The van der Waals surface area contributed by atoms with Crippen molar-refractivity contribution in [2.45, 2.75) is 73.1 Å². The number of fused-ring (bicyclic) bond motifs is 2. The van der Waals surface area contributed by atoms with Crippen LogP contribution in [0.2, 0.25) is 0 Å². The van der Waals surface area contributed by atoms with E-state index >= 15 is 0 Å². The van der Waals surface area contributed by atoms with Crippen LogP contribution in [-0.4, -0.2) is 0 Å². The summed E-state index contributed by atoms with van der Waals surface area (Å²) in [5.41, 5.74) is 12.5. The molecule has 0 amide bonds. The van der Waals surface area contributed by atoms with E-state index in [0.29, 0.717) is 5.92 Å². The maximum absolute atomic E-state index is 2.56. The topological polar surface area (TPSA) is 0 Å².